The van der Waals surface area contributed by atoms with Gasteiger partial charge in [-0.1, -0.05) is 47.3 Å². The van der Waals surface area contributed by atoms with Crippen molar-refractivity contribution >= 4 is 11.8 Å². The van der Waals surface area contributed by atoms with Crippen LogP contribution in [0.5, 0.6) is 0 Å². The molecule has 0 saturated carbocycles. The highest BCUT2D eigenvalue weighted by atomic mass is 32.2. The number of thioether (sulfide) groups is 1. The normalized spacial score (nSPS) is 11.8. The monoisotopic (exact) mass is 483 g/mol. The molecule has 0 N–H and O–H groups in total. The van der Waals surface area contributed by atoms with Crippen LogP contribution in [0.2, 0.25) is 0 Å². The summed E-state index contributed by atoms with van der Waals surface area (Å²) in [5.74, 6) is 1.92. The van der Waals surface area contributed by atoms with Crippen LogP contribution in [0.4, 0.5) is 13.2 Å². The summed E-state index contributed by atoms with van der Waals surface area (Å²) in [4.78, 5) is 4.25. The second-order valence-electron chi connectivity index (χ2n) is 7.25. The molecule has 5 rings (SSSR count). The maximum atomic E-state index is 13.0. The molecule has 0 saturated heterocycles. The number of aromatic nitrogens is 5. The van der Waals surface area contributed by atoms with E-state index in [9.17, 15) is 13.2 Å². The van der Waals surface area contributed by atoms with Gasteiger partial charge in [0, 0.05) is 11.3 Å². The molecule has 3 heterocycles. The van der Waals surface area contributed by atoms with E-state index < -0.39 is 11.7 Å². The van der Waals surface area contributed by atoms with E-state index in [1.54, 1.807) is 6.26 Å². The average Bonchev–Trinajstić information content (AvgIpc) is 3.57. The second-order valence-corrected chi connectivity index (χ2v) is 8.19. The number of nitrogens with zero attached hydrogens (tertiary/aromatic N) is 5. The molecule has 3 aromatic heterocycles. The summed E-state index contributed by atoms with van der Waals surface area (Å²) < 4.78 is 51.6. The standard InChI is InChI=1S/C23H16F3N5O2S/c1-14-18(10-11-32-14)21-28-29-22(31(21)17-8-3-2-4-9-17)34-13-19-27-20(30-33-19)15-6-5-7-16(12-15)23(24,25)26/h2-12H,13H2,1H3. The van der Waals surface area contributed by atoms with Crippen molar-refractivity contribution in [1.29, 1.82) is 0 Å². The number of halogens is 3. The molecule has 11 heteroatoms. The zero-order valence-electron chi connectivity index (χ0n) is 17.7. The van der Waals surface area contributed by atoms with E-state index in [1.165, 1.54) is 23.9 Å². The summed E-state index contributed by atoms with van der Waals surface area (Å²) in [6.45, 7) is 1.85. The summed E-state index contributed by atoms with van der Waals surface area (Å²) in [6, 6.07) is 16.2. The molecule has 34 heavy (non-hydrogen) atoms. The summed E-state index contributed by atoms with van der Waals surface area (Å²) in [5.41, 5.74) is 1.12. The summed E-state index contributed by atoms with van der Waals surface area (Å²) in [5, 5.41) is 13.1. The van der Waals surface area contributed by atoms with Crippen LogP contribution in [-0.2, 0) is 11.9 Å². The SMILES string of the molecule is Cc1occc1-c1nnc(SCc2nc(-c3cccc(C(F)(F)F)c3)no2)n1-c1ccccc1. The Morgan fingerprint density at radius 1 is 1.00 bits per heavy atom. The van der Waals surface area contributed by atoms with Gasteiger partial charge in [0.1, 0.15) is 5.76 Å². The van der Waals surface area contributed by atoms with Gasteiger partial charge in [-0.05, 0) is 37.3 Å². The molecule has 0 bridgehead atoms. The molecule has 5 aromatic rings. The molecule has 0 spiro atoms. The predicted molar refractivity (Wildman–Crippen MR) is 118 cm³/mol. The topological polar surface area (TPSA) is 82.8 Å². The summed E-state index contributed by atoms with van der Waals surface area (Å²) >= 11 is 1.32. The van der Waals surface area contributed by atoms with E-state index in [-0.39, 0.29) is 23.0 Å². The van der Waals surface area contributed by atoms with Gasteiger partial charge in [0.15, 0.2) is 11.0 Å². The van der Waals surface area contributed by atoms with Crippen molar-refractivity contribution in [2.45, 2.75) is 24.0 Å². The highest BCUT2D eigenvalue weighted by Crippen LogP contribution is 2.33. The number of alkyl halides is 3. The Balaban J connectivity index is 1.41. The zero-order valence-corrected chi connectivity index (χ0v) is 18.5. The average molecular weight is 483 g/mol. The van der Waals surface area contributed by atoms with Crippen molar-refractivity contribution in [2.75, 3.05) is 0 Å². The van der Waals surface area contributed by atoms with Crippen molar-refractivity contribution in [3.8, 4) is 28.5 Å². The summed E-state index contributed by atoms with van der Waals surface area (Å²) in [6.07, 6.45) is -2.86. The van der Waals surface area contributed by atoms with E-state index in [2.05, 4.69) is 20.3 Å². The Labute approximate surface area is 195 Å². The van der Waals surface area contributed by atoms with Gasteiger partial charge in [-0.3, -0.25) is 4.57 Å². The molecular weight excluding hydrogens is 467 g/mol. The molecule has 0 fully saturated rings. The number of benzene rings is 2. The minimum absolute atomic E-state index is 0.0842. The van der Waals surface area contributed by atoms with Crippen LogP contribution >= 0.6 is 11.8 Å². The van der Waals surface area contributed by atoms with Gasteiger partial charge < -0.3 is 8.94 Å². The van der Waals surface area contributed by atoms with E-state index >= 15 is 0 Å². The summed E-state index contributed by atoms with van der Waals surface area (Å²) in [7, 11) is 0. The Morgan fingerprint density at radius 3 is 2.56 bits per heavy atom. The van der Waals surface area contributed by atoms with E-state index in [0.29, 0.717) is 16.7 Å². The van der Waals surface area contributed by atoms with Crippen LogP contribution in [-0.4, -0.2) is 24.9 Å². The van der Waals surface area contributed by atoms with Crippen molar-refractivity contribution < 1.29 is 22.1 Å². The Hall–Kier alpha value is -3.86. The molecule has 0 radical (unpaired) electrons. The largest absolute Gasteiger partial charge is 0.469 e. The molecule has 0 aliphatic rings. The fourth-order valence-corrected chi connectivity index (χ4v) is 4.15. The molecule has 172 valence electrons. The van der Waals surface area contributed by atoms with Crippen molar-refractivity contribution in [2.24, 2.45) is 0 Å². The van der Waals surface area contributed by atoms with Gasteiger partial charge in [0.2, 0.25) is 11.7 Å². The van der Waals surface area contributed by atoms with Crippen LogP contribution < -0.4 is 0 Å². The van der Waals surface area contributed by atoms with Crippen molar-refractivity contribution in [1.82, 2.24) is 24.9 Å². The van der Waals surface area contributed by atoms with E-state index in [1.807, 2.05) is 47.9 Å². The molecule has 0 amide bonds. The molecule has 2 aromatic carbocycles. The predicted octanol–water partition coefficient (Wildman–Crippen LogP) is 6.20. The van der Waals surface area contributed by atoms with Crippen molar-refractivity contribution in [3.05, 3.63) is 84.1 Å². The number of para-hydroxylation sites is 1. The number of aryl methyl sites for hydroxylation is 1. The van der Waals surface area contributed by atoms with Crippen LogP contribution in [0, 0.1) is 6.92 Å². The first-order valence-corrected chi connectivity index (χ1v) is 11.1. The first kappa shape index (κ1) is 22.0. The molecule has 0 aliphatic carbocycles. The smallest absolute Gasteiger partial charge is 0.416 e. The van der Waals surface area contributed by atoms with Crippen LogP contribution in [0.15, 0.2) is 81.0 Å². The van der Waals surface area contributed by atoms with E-state index in [0.717, 1.165) is 23.4 Å². The highest BCUT2D eigenvalue weighted by molar-refractivity contribution is 7.98. The molecule has 7 nitrogen and oxygen atoms in total. The first-order chi connectivity index (χ1) is 16.4. The molecule has 0 aliphatic heterocycles. The van der Waals surface area contributed by atoms with Crippen LogP contribution in [0.25, 0.3) is 28.5 Å². The fraction of sp³-hybridized carbons (Fsp3) is 0.130. The van der Waals surface area contributed by atoms with Gasteiger partial charge >= 0.3 is 6.18 Å². The number of furan rings is 1. The maximum absolute atomic E-state index is 13.0. The van der Waals surface area contributed by atoms with Gasteiger partial charge in [-0.25, -0.2) is 0 Å². The van der Waals surface area contributed by atoms with Crippen LogP contribution in [0.1, 0.15) is 17.2 Å². The highest BCUT2D eigenvalue weighted by Gasteiger charge is 2.30. The lowest BCUT2D eigenvalue weighted by atomic mass is 10.1. The Kier molecular flexibility index (Phi) is 5.70. The number of hydrogen-bond acceptors (Lipinski definition) is 7. The van der Waals surface area contributed by atoms with E-state index in [4.69, 9.17) is 8.94 Å². The Bertz CT molecular complexity index is 1430. The number of hydrogen-bond donors (Lipinski definition) is 0. The molecule has 0 unspecified atom stereocenters. The molecule has 0 atom stereocenters. The van der Waals surface area contributed by atoms with Crippen molar-refractivity contribution in [3.63, 3.8) is 0 Å². The second kappa shape index (κ2) is 8.82. The van der Waals surface area contributed by atoms with Gasteiger partial charge in [-0.15, -0.1) is 10.2 Å². The minimum atomic E-state index is -4.45. The maximum Gasteiger partial charge on any atom is 0.416 e. The third-order valence-corrected chi connectivity index (χ3v) is 5.90. The quantitative estimate of drug-likeness (QED) is 0.266. The lowest BCUT2D eigenvalue weighted by molar-refractivity contribution is -0.137. The molecular formula is C23H16F3N5O2S. The Morgan fingerprint density at radius 2 is 1.82 bits per heavy atom. The third-order valence-electron chi connectivity index (χ3n) is 4.99. The number of rotatable bonds is 6. The van der Waals surface area contributed by atoms with Gasteiger partial charge in [-0.2, -0.15) is 18.2 Å². The minimum Gasteiger partial charge on any atom is -0.469 e. The third kappa shape index (κ3) is 4.34. The van der Waals surface area contributed by atoms with Gasteiger partial charge in [0.05, 0.1) is 23.1 Å². The lowest BCUT2D eigenvalue weighted by Gasteiger charge is -2.09. The zero-order chi connectivity index (χ0) is 23.7. The van der Waals surface area contributed by atoms with Gasteiger partial charge in [0.25, 0.3) is 0 Å². The fourth-order valence-electron chi connectivity index (χ4n) is 3.36. The first-order valence-electron chi connectivity index (χ1n) is 10.1. The lowest BCUT2D eigenvalue weighted by Crippen LogP contribution is -2.04. The van der Waals surface area contributed by atoms with Crippen LogP contribution in [0.3, 0.4) is 0 Å².